The Morgan fingerprint density at radius 3 is 2.83 bits per heavy atom. The standard InChI is InChI=1S/C18H18N2O3/c1-12(13-5-3-2-4-6-13)10-19-18(22)14-7-8-16-15(9-14)20-17(21)11-23-16/h2-9,12H,10-11H2,1H3,(H,19,22)(H,20,21)/t12-/m0/s1. The smallest absolute Gasteiger partial charge is 0.262 e. The number of carbonyl (C=O) groups is 2. The first-order chi connectivity index (χ1) is 11.1. The minimum Gasteiger partial charge on any atom is -0.482 e. The Balaban J connectivity index is 1.65. The van der Waals surface area contributed by atoms with Gasteiger partial charge in [0.25, 0.3) is 11.8 Å². The Hall–Kier alpha value is -2.82. The summed E-state index contributed by atoms with van der Waals surface area (Å²) in [6, 6.07) is 15.1. The molecule has 5 nitrogen and oxygen atoms in total. The number of fused-ring (bicyclic) bond motifs is 1. The molecule has 0 fully saturated rings. The van der Waals surface area contributed by atoms with Crippen LogP contribution in [0.4, 0.5) is 5.69 Å². The zero-order valence-corrected chi connectivity index (χ0v) is 12.8. The highest BCUT2D eigenvalue weighted by Gasteiger charge is 2.18. The van der Waals surface area contributed by atoms with Gasteiger partial charge in [-0.3, -0.25) is 9.59 Å². The topological polar surface area (TPSA) is 67.4 Å². The van der Waals surface area contributed by atoms with Crippen LogP contribution >= 0.6 is 0 Å². The predicted octanol–water partition coefficient (Wildman–Crippen LogP) is 2.55. The Morgan fingerprint density at radius 1 is 1.26 bits per heavy atom. The van der Waals surface area contributed by atoms with E-state index in [1.807, 2.05) is 30.3 Å². The maximum absolute atomic E-state index is 12.3. The number of amides is 2. The van der Waals surface area contributed by atoms with Gasteiger partial charge in [0, 0.05) is 12.1 Å². The normalized spacial score (nSPS) is 14.2. The molecule has 0 radical (unpaired) electrons. The third-order valence-corrected chi connectivity index (χ3v) is 3.81. The number of hydrogen-bond donors (Lipinski definition) is 2. The van der Waals surface area contributed by atoms with Crippen molar-refractivity contribution >= 4 is 17.5 Å². The van der Waals surface area contributed by atoms with E-state index in [0.29, 0.717) is 23.5 Å². The third kappa shape index (κ3) is 3.51. The van der Waals surface area contributed by atoms with Gasteiger partial charge in [-0.2, -0.15) is 0 Å². The SMILES string of the molecule is C[C@@H](CNC(=O)c1ccc2c(c1)NC(=O)CO2)c1ccccc1. The zero-order chi connectivity index (χ0) is 16.2. The summed E-state index contributed by atoms with van der Waals surface area (Å²) >= 11 is 0. The summed E-state index contributed by atoms with van der Waals surface area (Å²) in [5.74, 6) is 0.419. The van der Waals surface area contributed by atoms with Crippen LogP contribution in [0.5, 0.6) is 5.75 Å². The van der Waals surface area contributed by atoms with Gasteiger partial charge in [-0.15, -0.1) is 0 Å². The molecule has 0 unspecified atom stereocenters. The average Bonchev–Trinajstić information content (AvgIpc) is 2.59. The summed E-state index contributed by atoms with van der Waals surface area (Å²) in [5, 5.41) is 5.62. The Bertz CT molecular complexity index is 728. The quantitative estimate of drug-likeness (QED) is 0.912. The van der Waals surface area contributed by atoms with E-state index in [-0.39, 0.29) is 24.3 Å². The largest absolute Gasteiger partial charge is 0.482 e. The van der Waals surface area contributed by atoms with Gasteiger partial charge in [0.2, 0.25) is 0 Å². The molecule has 1 aliphatic rings. The highest BCUT2D eigenvalue weighted by molar-refractivity contribution is 5.99. The van der Waals surface area contributed by atoms with E-state index in [1.54, 1.807) is 18.2 Å². The fourth-order valence-corrected chi connectivity index (χ4v) is 2.47. The van der Waals surface area contributed by atoms with Crippen molar-refractivity contribution in [2.75, 3.05) is 18.5 Å². The minimum atomic E-state index is -0.215. The summed E-state index contributed by atoms with van der Waals surface area (Å²) in [6.45, 7) is 2.62. The van der Waals surface area contributed by atoms with E-state index in [0.717, 1.165) is 0 Å². The summed E-state index contributed by atoms with van der Waals surface area (Å²) < 4.78 is 5.28. The van der Waals surface area contributed by atoms with Crippen LogP contribution in [-0.4, -0.2) is 25.0 Å². The number of rotatable bonds is 4. The van der Waals surface area contributed by atoms with Gasteiger partial charge in [0.05, 0.1) is 5.69 Å². The molecule has 2 aromatic carbocycles. The van der Waals surface area contributed by atoms with E-state index in [4.69, 9.17) is 4.74 Å². The molecule has 2 N–H and O–H groups in total. The third-order valence-electron chi connectivity index (χ3n) is 3.81. The van der Waals surface area contributed by atoms with Crippen LogP contribution in [-0.2, 0) is 4.79 Å². The van der Waals surface area contributed by atoms with Crippen molar-refractivity contribution in [2.24, 2.45) is 0 Å². The summed E-state index contributed by atoms with van der Waals surface area (Å²) in [6.07, 6.45) is 0. The molecule has 3 rings (SSSR count). The van der Waals surface area contributed by atoms with Crippen LogP contribution < -0.4 is 15.4 Å². The molecule has 0 saturated carbocycles. The second-order valence-electron chi connectivity index (χ2n) is 5.57. The molecule has 0 bridgehead atoms. The van der Waals surface area contributed by atoms with Gasteiger partial charge in [0.15, 0.2) is 6.61 Å². The Morgan fingerprint density at radius 2 is 2.04 bits per heavy atom. The number of nitrogens with one attached hydrogen (secondary N) is 2. The molecule has 0 saturated heterocycles. The molecular weight excluding hydrogens is 292 g/mol. The number of anilines is 1. The van der Waals surface area contributed by atoms with Crippen molar-refractivity contribution in [3.63, 3.8) is 0 Å². The van der Waals surface area contributed by atoms with E-state index in [9.17, 15) is 9.59 Å². The molecule has 118 valence electrons. The molecular formula is C18H18N2O3. The Kier molecular flexibility index (Phi) is 4.28. The first-order valence-electron chi connectivity index (χ1n) is 7.53. The number of hydrogen-bond acceptors (Lipinski definition) is 3. The Labute approximate surface area is 134 Å². The van der Waals surface area contributed by atoms with Crippen molar-refractivity contribution in [1.29, 1.82) is 0 Å². The van der Waals surface area contributed by atoms with Gasteiger partial charge in [-0.05, 0) is 29.7 Å². The van der Waals surface area contributed by atoms with E-state index in [1.165, 1.54) is 5.56 Å². The summed E-state index contributed by atoms with van der Waals surface area (Å²) in [5.41, 5.74) is 2.21. The molecule has 5 heteroatoms. The van der Waals surface area contributed by atoms with Gasteiger partial charge >= 0.3 is 0 Å². The zero-order valence-electron chi connectivity index (χ0n) is 12.8. The molecule has 2 amide bonds. The lowest BCUT2D eigenvalue weighted by atomic mass is 10.0. The predicted molar refractivity (Wildman–Crippen MR) is 87.8 cm³/mol. The van der Waals surface area contributed by atoms with E-state index in [2.05, 4.69) is 17.6 Å². The molecule has 23 heavy (non-hydrogen) atoms. The van der Waals surface area contributed by atoms with E-state index < -0.39 is 0 Å². The molecule has 0 spiro atoms. The van der Waals surface area contributed by atoms with Crippen molar-refractivity contribution < 1.29 is 14.3 Å². The molecule has 2 aromatic rings. The van der Waals surface area contributed by atoms with Crippen molar-refractivity contribution in [3.8, 4) is 5.75 Å². The van der Waals surface area contributed by atoms with Crippen LogP contribution in [0.1, 0.15) is 28.8 Å². The highest BCUT2D eigenvalue weighted by atomic mass is 16.5. The fourth-order valence-electron chi connectivity index (χ4n) is 2.47. The second-order valence-corrected chi connectivity index (χ2v) is 5.57. The van der Waals surface area contributed by atoms with Crippen molar-refractivity contribution in [3.05, 3.63) is 59.7 Å². The number of benzene rings is 2. The highest BCUT2D eigenvalue weighted by Crippen LogP contribution is 2.28. The monoisotopic (exact) mass is 310 g/mol. The van der Waals surface area contributed by atoms with Gasteiger partial charge in [-0.1, -0.05) is 37.3 Å². The van der Waals surface area contributed by atoms with Crippen molar-refractivity contribution in [1.82, 2.24) is 5.32 Å². The number of ether oxygens (including phenoxy) is 1. The maximum Gasteiger partial charge on any atom is 0.262 e. The minimum absolute atomic E-state index is 0.00708. The molecule has 1 heterocycles. The first kappa shape index (κ1) is 15.1. The summed E-state index contributed by atoms with van der Waals surface area (Å²) in [4.78, 5) is 23.6. The molecule has 0 aliphatic carbocycles. The maximum atomic E-state index is 12.3. The van der Waals surface area contributed by atoms with Gasteiger partial charge in [0.1, 0.15) is 5.75 Å². The molecule has 1 aliphatic heterocycles. The van der Waals surface area contributed by atoms with Crippen LogP contribution in [0.2, 0.25) is 0 Å². The van der Waals surface area contributed by atoms with Crippen molar-refractivity contribution in [2.45, 2.75) is 12.8 Å². The van der Waals surface area contributed by atoms with Gasteiger partial charge in [-0.25, -0.2) is 0 Å². The number of carbonyl (C=O) groups excluding carboxylic acids is 2. The van der Waals surface area contributed by atoms with Gasteiger partial charge < -0.3 is 15.4 Å². The molecule has 0 aromatic heterocycles. The van der Waals surface area contributed by atoms with Crippen LogP contribution in [0.15, 0.2) is 48.5 Å². The van der Waals surface area contributed by atoms with Crippen LogP contribution in [0.3, 0.4) is 0 Å². The lowest BCUT2D eigenvalue weighted by Crippen LogP contribution is -2.29. The second kappa shape index (κ2) is 6.52. The van der Waals surface area contributed by atoms with Crippen LogP contribution in [0.25, 0.3) is 0 Å². The summed E-state index contributed by atoms with van der Waals surface area (Å²) in [7, 11) is 0. The lowest BCUT2D eigenvalue weighted by Gasteiger charge is -2.18. The average molecular weight is 310 g/mol. The first-order valence-corrected chi connectivity index (χ1v) is 7.53. The lowest BCUT2D eigenvalue weighted by molar-refractivity contribution is -0.118. The van der Waals surface area contributed by atoms with Crippen LogP contribution in [0, 0.1) is 0 Å². The molecule has 1 atom stereocenters. The van der Waals surface area contributed by atoms with E-state index >= 15 is 0 Å². The fraction of sp³-hybridized carbons (Fsp3) is 0.222.